The average Bonchev–Trinajstić information content (AvgIpc) is 2.63. The molecular weight excluding hydrogens is 254 g/mol. The van der Waals surface area contributed by atoms with E-state index in [1.54, 1.807) is 0 Å². The summed E-state index contributed by atoms with van der Waals surface area (Å²) < 4.78 is 0. The predicted octanol–water partition coefficient (Wildman–Crippen LogP) is 3.01. The molecule has 0 saturated carbocycles. The van der Waals surface area contributed by atoms with E-state index in [-0.39, 0.29) is 0 Å². The standard InChI is InChI=1S/C12H14ClN3S/c1-16(7-11-8-17-12(14)15-11)6-9-3-2-4-10(13)5-9/h2-5,8H,6-7H2,1H3,(H2,14,15). The summed E-state index contributed by atoms with van der Waals surface area (Å²) in [5.74, 6) is 0. The van der Waals surface area contributed by atoms with Gasteiger partial charge in [-0.25, -0.2) is 4.98 Å². The van der Waals surface area contributed by atoms with Crippen molar-refractivity contribution in [3.05, 3.63) is 45.9 Å². The summed E-state index contributed by atoms with van der Waals surface area (Å²) in [5, 5.41) is 3.38. The lowest BCUT2D eigenvalue weighted by molar-refractivity contribution is 0.316. The van der Waals surface area contributed by atoms with E-state index in [2.05, 4.69) is 23.0 Å². The van der Waals surface area contributed by atoms with Gasteiger partial charge in [0.25, 0.3) is 0 Å². The number of hydrogen-bond donors (Lipinski definition) is 1. The van der Waals surface area contributed by atoms with Gasteiger partial charge in [0.1, 0.15) is 0 Å². The first kappa shape index (κ1) is 12.4. The van der Waals surface area contributed by atoms with Crippen molar-refractivity contribution in [1.82, 2.24) is 9.88 Å². The first-order valence-electron chi connectivity index (χ1n) is 5.26. The molecule has 0 aliphatic carbocycles. The number of thiazole rings is 1. The van der Waals surface area contributed by atoms with E-state index < -0.39 is 0 Å². The van der Waals surface area contributed by atoms with Crippen molar-refractivity contribution in [2.24, 2.45) is 0 Å². The van der Waals surface area contributed by atoms with Crippen LogP contribution in [-0.2, 0) is 13.1 Å². The third kappa shape index (κ3) is 3.70. The van der Waals surface area contributed by atoms with Gasteiger partial charge in [-0.05, 0) is 24.7 Å². The van der Waals surface area contributed by atoms with Gasteiger partial charge in [0.05, 0.1) is 5.69 Å². The molecule has 0 aliphatic heterocycles. The van der Waals surface area contributed by atoms with Crippen LogP contribution in [0.3, 0.4) is 0 Å². The fourth-order valence-corrected chi connectivity index (χ4v) is 2.44. The Hall–Kier alpha value is -1.10. The van der Waals surface area contributed by atoms with Crippen LogP contribution in [0.2, 0.25) is 5.02 Å². The Balaban J connectivity index is 1.95. The lowest BCUT2D eigenvalue weighted by Crippen LogP contribution is -2.17. The number of hydrogen-bond acceptors (Lipinski definition) is 4. The highest BCUT2D eigenvalue weighted by atomic mass is 35.5. The van der Waals surface area contributed by atoms with Crippen LogP contribution in [0.1, 0.15) is 11.3 Å². The Labute approximate surface area is 110 Å². The van der Waals surface area contributed by atoms with Crippen molar-refractivity contribution in [3.63, 3.8) is 0 Å². The van der Waals surface area contributed by atoms with Crippen LogP contribution in [0, 0.1) is 0 Å². The molecule has 0 aliphatic rings. The van der Waals surface area contributed by atoms with Crippen molar-refractivity contribution in [3.8, 4) is 0 Å². The Kier molecular flexibility index (Phi) is 3.99. The second kappa shape index (κ2) is 5.49. The molecule has 0 spiro atoms. The topological polar surface area (TPSA) is 42.1 Å². The maximum atomic E-state index is 5.95. The molecule has 5 heteroatoms. The second-order valence-corrected chi connectivity index (χ2v) is 5.31. The minimum Gasteiger partial charge on any atom is -0.375 e. The average molecular weight is 268 g/mol. The molecule has 0 fully saturated rings. The molecule has 1 aromatic carbocycles. The lowest BCUT2D eigenvalue weighted by atomic mass is 10.2. The number of nitrogens with two attached hydrogens (primary N) is 1. The molecule has 1 heterocycles. The van der Waals surface area contributed by atoms with Gasteiger partial charge in [-0.15, -0.1) is 11.3 Å². The molecule has 2 aromatic rings. The van der Waals surface area contributed by atoms with E-state index in [9.17, 15) is 0 Å². The molecule has 0 unspecified atom stereocenters. The van der Waals surface area contributed by atoms with Crippen LogP contribution in [0.5, 0.6) is 0 Å². The maximum Gasteiger partial charge on any atom is 0.180 e. The SMILES string of the molecule is CN(Cc1cccc(Cl)c1)Cc1csc(N)n1. The zero-order valence-corrected chi connectivity index (χ0v) is 11.1. The van der Waals surface area contributed by atoms with Crippen LogP contribution in [0.15, 0.2) is 29.6 Å². The zero-order chi connectivity index (χ0) is 12.3. The quantitative estimate of drug-likeness (QED) is 0.926. The fraction of sp³-hybridized carbons (Fsp3) is 0.250. The predicted molar refractivity (Wildman–Crippen MR) is 73.1 cm³/mol. The molecule has 0 radical (unpaired) electrons. The summed E-state index contributed by atoms with van der Waals surface area (Å²) >= 11 is 7.42. The van der Waals surface area contributed by atoms with Gasteiger partial charge in [-0.1, -0.05) is 23.7 Å². The Morgan fingerprint density at radius 2 is 2.24 bits per heavy atom. The van der Waals surface area contributed by atoms with Crippen molar-refractivity contribution >= 4 is 28.1 Å². The summed E-state index contributed by atoms with van der Waals surface area (Å²) in [5.41, 5.74) is 7.81. The first-order valence-corrected chi connectivity index (χ1v) is 6.52. The summed E-state index contributed by atoms with van der Waals surface area (Å²) in [6.07, 6.45) is 0. The van der Waals surface area contributed by atoms with E-state index in [1.165, 1.54) is 16.9 Å². The monoisotopic (exact) mass is 267 g/mol. The van der Waals surface area contributed by atoms with Gasteiger partial charge < -0.3 is 5.73 Å². The molecule has 90 valence electrons. The number of nitrogens with zero attached hydrogens (tertiary/aromatic N) is 2. The third-order valence-electron chi connectivity index (χ3n) is 2.34. The van der Waals surface area contributed by atoms with Crippen LogP contribution in [0.4, 0.5) is 5.13 Å². The molecule has 0 bridgehead atoms. The Morgan fingerprint density at radius 3 is 2.88 bits per heavy atom. The smallest absolute Gasteiger partial charge is 0.180 e. The first-order chi connectivity index (χ1) is 8.13. The largest absolute Gasteiger partial charge is 0.375 e. The van der Waals surface area contributed by atoms with Gasteiger partial charge in [0.2, 0.25) is 0 Å². The summed E-state index contributed by atoms with van der Waals surface area (Å²) in [6.45, 7) is 1.64. The van der Waals surface area contributed by atoms with E-state index >= 15 is 0 Å². The van der Waals surface area contributed by atoms with E-state index in [4.69, 9.17) is 17.3 Å². The van der Waals surface area contributed by atoms with Gasteiger partial charge in [-0.3, -0.25) is 4.90 Å². The lowest BCUT2D eigenvalue weighted by Gasteiger charge is -2.15. The van der Waals surface area contributed by atoms with Crippen molar-refractivity contribution < 1.29 is 0 Å². The number of anilines is 1. The number of rotatable bonds is 4. The number of nitrogen functional groups attached to an aromatic ring is 1. The van der Waals surface area contributed by atoms with E-state index in [1.807, 2.05) is 23.6 Å². The van der Waals surface area contributed by atoms with Crippen LogP contribution in [-0.4, -0.2) is 16.9 Å². The summed E-state index contributed by atoms with van der Waals surface area (Å²) in [7, 11) is 2.05. The molecule has 1 aromatic heterocycles. The van der Waals surface area contributed by atoms with Crippen LogP contribution in [0.25, 0.3) is 0 Å². The Morgan fingerprint density at radius 1 is 1.41 bits per heavy atom. The molecule has 2 rings (SSSR count). The highest BCUT2D eigenvalue weighted by Gasteiger charge is 2.05. The zero-order valence-electron chi connectivity index (χ0n) is 9.56. The molecule has 3 nitrogen and oxygen atoms in total. The minimum atomic E-state index is 0.621. The molecule has 0 amide bonds. The molecule has 0 saturated heterocycles. The summed E-state index contributed by atoms with van der Waals surface area (Å²) in [4.78, 5) is 6.42. The van der Waals surface area contributed by atoms with Gasteiger partial charge in [0, 0.05) is 23.5 Å². The van der Waals surface area contributed by atoms with Crippen LogP contribution >= 0.6 is 22.9 Å². The molecule has 17 heavy (non-hydrogen) atoms. The van der Waals surface area contributed by atoms with Gasteiger partial charge in [0.15, 0.2) is 5.13 Å². The Bertz CT molecular complexity index is 498. The molecular formula is C12H14ClN3S. The third-order valence-corrected chi connectivity index (χ3v) is 3.30. The van der Waals surface area contributed by atoms with E-state index in [0.717, 1.165) is 23.8 Å². The fourth-order valence-electron chi connectivity index (χ4n) is 1.67. The normalized spacial score (nSPS) is 11.0. The molecule has 2 N–H and O–H groups in total. The number of halogens is 1. The van der Waals surface area contributed by atoms with E-state index in [0.29, 0.717) is 5.13 Å². The van der Waals surface area contributed by atoms with Gasteiger partial charge in [-0.2, -0.15) is 0 Å². The number of benzene rings is 1. The van der Waals surface area contributed by atoms with Crippen molar-refractivity contribution in [2.45, 2.75) is 13.1 Å². The summed E-state index contributed by atoms with van der Waals surface area (Å²) in [6, 6.07) is 7.89. The highest BCUT2D eigenvalue weighted by Crippen LogP contribution is 2.15. The highest BCUT2D eigenvalue weighted by molar-refractivity contribution is 7.13. The van der Waals surface area contributed by atoms with Crippen molar-refractivity contribution in [1.29, 1.82) is 0 Å². The number of aromatic nitrogens is 1. The maximum absolute atomic E-state index is 5.95. The van der Waals surface area contributed by atoms with Gasteiger partial charge >= 0.3 is 0 Å². The minimum absolute atomic E-state index is 0.621. The van der Waals surface area contributed by atoms with Crippen LogP contribution < -0.4 is 5.73 Å². The van der Waals surface area contributed by atoms with Crippen molar-refractivity contribution in [2.75, 3.05) is 12.8 Å². The molecule has 0 atom stereocenters. The second-order valence-electron chi connectivity index (χ2n) is 3.98.